The summed E-state index contributed by atoms with van der Waals surface area (Å²) in [5, 5.41) is 10.3. The lowest BCUT2D eigenvalue weighted by atomic mass is 10.1. The van der Waals surface area contributed by atoms with Gasteiger partial charge in [-0.3, -0.25) is 23.6 Å². The number of anilines is 2. The van der Waals surface area contributed by atoms with Gasteiger partial charge in [-0.2, -0.15) is 5.10 Å². The molecule has 31 heavy (non-hydrogen) atoms. The van der Waals surface area contributed by atoms with Gasteiger partial charge in [0.25, 0.3) is 11.5 Å². The van der Waals surface area contributed by atoms with Crippen molar-refractivity contribution in [3.8, 4) is 0 Å². The first-order valence-corrected chi connectivity index (χ1v) is 9.63. The van der Waals surface area contributed by atoms with Crippen LogP contribution < -0.4 is 16.2 Å². The number of carbonyl (C=O) groups excluding carboxylic acids is 2. The molecule has 0 aliphatic rings. The minimum Gasteiger partial charge on any atom is -0.324 e. The van der Waals surface area contributed by atoms with Gasteiger partial charge in [-0.1, -0.05) is 23.7 Å². The summed E-state index contributed by atoms with van der Waals surface area (Å²) in [5.41, 5.74) is 1.23. The molecule has 2 N–H and O–H groups in total. The van der Waals surface area contributed by atoms with Crippen LogP contribution in [0.25, 0.3) is 11.0 Å². The molecule has 0 saturated heterocycles. The molecular weight excluding hydrogens is 420 g/mol. The molecule has 0 radical (unpaired) electrons. The van der Waals surface area contributed by atoms with Crippen LogP contribution in [0, 0.1) is 0 Å². The van der Waals surface area contributed by atoms with E-state index in [-0.39, 0.29) is 17.7 Å². The topological polar surface area (TPSA) is 111 Å². The highest BCUT2D eigenvalue weighted by molar-refractivity contribution is 6.30. The van der Waals surface area contributed by atoms with Crippen molar-refractivity contribution >= 4 is 45.8 Å². The molecule has 0 aliphatic heterocycles. The summed E-state index contributed by atoms with van der Waals surface area (Å²) >= 11 is 5.87. The Bertz CT molecular complexity index is 1340. The molecule has 2 amide bonds. The maximum atomic E-state index is 12.7. The van der Waals surface area contributed by atoms with E-state index < -0.39 is 11.8 Å². The van der Waals surface area contributed by atoms with Crippen molar-refractivity contribution in [3.63, 3.8) is 0 Å². The fourth-order valence-electron chi connectivity index (χ4n) is 3.05. The zero-order valence-corrected chi connectivity index (χ0v) is 17.1. The minimum absolute atomic E-state index is 0.260. The van der Waals surface area contributed by atoms with E-state index in [2.05, 4.69) is 20.7 Å². The molecule has 0 bridgehead atoms. The Hall–Kier alpha value is -3.98. The van der Waals surface area contributed by atoms with Gasteiger partial charge < -0.3 is 10.6 Å². The summed E-state index contributed by atoms with van der Waals surface area (Å²) < 4.78 is 2.67. The maximum absolute atomic E-state index is 12.7. The maximum Gasteiger partial charge on any atom is 0.264 e. The van der Waals surface area contributed by atoms with Gasteiger partial charge in [-0.05, 0) is 36.4 Å². The van der Waals surface area contributed by atoms with E-state index in [1.165, 1.54) is 21.8 Å². The van der Waals surface area contributed by atoms with Crippen LogP contribution in [0.4, 0.5) is 11.4 Å². The number of carbonyl (C=O) groups is 2. The van der Waals surface area contributed by atoms with E-state index in [1.54, 1.807) is 55.6 Å². The Balaban J connectivity index is 1.51. The van der Waals surface area contributed by atoms with Gasteiger partial charge in [0.15, 0.2) is 5.65 Å². The quantitative estimate of drug-likeness (QED) is 0.499. The number of hydrogen-bond donors (Lipinski definition) is 2. The second-order valence-corrected chi connectivity index (χ2v) is 7.17. The molecule has 4 rings (SSSR count). The molecule has 2 aromatic carbocycles. The lowest BCUT2D eigenvalue weighted by molar-refractivity contribution is -0.116. The molecule has 0 atom stereocenters. The number of para-hydroxylation sites is 1. The van der Waals surface area contributed by atoms with Crippen LogP contribution in [0.2, 0.25) is 5.02 Å². The monoisotopic (exact) mass is 436 g/mol. The van der Waals surface area contributed by atoms with E-state index in [9.17, 15) is 14.4 Å². The summed E-state index contributed by atoms with van der Waals surface area (Å²) in [6, 6.07) is 13.3. The van der Waals surface area contributed by atoms with Gasteiger partial charge in [0.2, 0.25) is 5.91 Å². The Kier molecular flexibility index (Phi) is 5.50. The summed E-state index contributed by atoms with van der Waals surface area (Å²) in [6.07, 6.45) is 2.71. The first kappa shape index (κ1) is 20.3. The SMILES string of the molecule is Cn1ncc2c(=O)n(CC(=O)Nc3ccccc3C(=O)Nc3ccc(Cl)cc3)cnc21. The molecule has 156 valence electrons. The second-order valence-electron chi connectivity index (χ2n) is 6.74. The number of nitrogens with one attached hydrogen (secondary N) is 2. The number of benzene rings is 2. The fourth-order valence-corrected chi connectivity index (χ4v) is 3.17. The minimum atomic E-state index is -0.473. The normalized spacial score (nSPS) is 10.8. The number of aromatic nitrogens is 4. The third-order valence-electron chi connectivity index (χ3n) is 4.58. The van der Waals surface area contributed by atoms with Gasteiger partial charge in [0.1, 0.15) is 18.3 Å². The summed E-state index contributed by atoms with van der Waals surface area (Å²) in [7, 11) is 1.68. The Labute approximate surface area is 181 Å². The number of amides is 2. The van der Waals surface area contributed by atoms with E-state index in [0.29, 0.717) is 27.4 Å². The molecule has 0 fully saturated rings. The number of hydrogen-bond acceptors (Lipinski definition) is 5. The molecule has 0 saturated carbocycles. The standard InChI is InChI=1S/C21H17ClN6O3/c1-27-19-16(10-24-27)21(31)28(12-23-19)11-18(29)26-17-5-3-2-4-15(17)20(30)25-14-8-6-13(22)7-9-14/h2-10,12H,11H2,1H3,(H,25,30)(H,26,29). The number of nitrogens with zero attached hydrogens (tertiary/aromatic N) is 4. The van der Waals surface area contributed by atoms with Crippen LogP contribution in [0.1, 0.15) is 10.4 Å². The van der Waals surface area contributed by atoms with Crippen molar-refractivity contribution in [2.75, 3.05) is 10.6 Å². The lowest BCUT2D eigenvalue weighted by Crippen LogP contribution is -2.28. The number of fused-ring (bicyclic) bond motifs is 1. The molecule has 4 aromatic rings. The summed E-state index contributed by atoms with van der Waals surface area (Å²) in [5.74, 6) is -0.868. The molecule has 0 unspecified atom stereocenters. The average Bonchev–Trinajstić information content (AvgIpc) is 3.13. The Morgan fingerprint density at radius 3 is 2.58 bits per heavy atom. The van der Waals surface area contributed by atoms with E-state index in [4.69, 9.17) is 11.6 Å². The number of aryl methyl sites for hydroxylation is 1. The van der Waals surface area contributed by atoms with Gasteiger partial charge in [0.05, 0.1) is 17.4 Å². The van der Waals surface area contributed by atoms with Crippen LogP contribution in [-0.2, 0) is 18.4 Å². The first-order chi connectivity index (χ1) is 14.9. The summed E-state index contributed by atoms with van der Waals surface area (Å²) in [6.45, 7) is -0.260. The smallest absolute Gasteiger partial charge is 0.264 e. The van der Waals surface area contributed by atoms with Gasteiger partial charge in [0, 0.05) is 17.8 Å². The lowest BCUT2D eigenvalue weighted by Gasteiger charge is -2.12. The molecule has 0 spiro atoms. The van der Waals surface area contributed by atoms with Crippen molar-refractivity contribution in [2.45, 2.75) is 6.54 Å². The van der Waals surface area contributed by atoms with Crippen LogP contribution in [0.15, 0.2) is 65.8 Å². The van der Waals surface area contributed by atoms with Crippen molar-refractivity contribution in [1.82, 2.24) is 19.3 Å². The molecule has 0 aliphatic carbocycles. The van der Waals surface area contributed by atoms with Crippen molar-refractivity contribution < 1.29 is 9.59 Å². The highest BCUT2D eigenvalue weighted by Crippen LogP contribution is 2.19. The number of halogens is 1. The molecule has 2 heterocycles. The number of rotatable bonds is 5. The highest BCUT2D eigenvalue weighted by atomic mass is 35.5. The molecular formula is C21H17ClN6O3. The fraction of sp³-hybridized carbons (Fsp3) is 0.0952. The third-order valence-corrected chi connectivity index (χ3v) is 4.83. The van der Waals surface area contributed by atoms with Crippen molar-refractivity contribution in [2.24, 2.45) is 7.05 Å². The molecule has 2 aromatic heterocycles. The van der Waals surface area contributed by atoms with Crippen LogP contribution in [-0.4, -0.2) is 31.1 Å². The molecule has 9 nitrogen and oxygen atoms in total. The van der Waals surface area contributed by atoms with E-state index >= 15 is 0 Å². The zero-order chi connectivity index (χ0) is 22.0. The van der Waals surface area contributed by atoms with Crippen molar-refractivity contribution in [3.05, 3.63) is 82.0 Å². The van der Waals surface area contributed by atoms with Gasteiger partial charge in [-0.15, -0.1) is 0 Å². The van der Waals surface area contributed by atoms with Crippen LogP contribution in [0.3, 0.4) is 0 Å². The highest BCUT2D eigenvalue weighted by Gasteiger charge is 2.15. The Morgan fingerprint density at radius 1 is 1.06 bits per heavy atom. The van der Waals surface area contributed by atoms with Gasteiger partial charge in [-0.25, -0.2) is 4.98 Å². The first-order valence-electron chi connectivity index (χ1n) is 9.25. The third kappa shape index (κ3) is 4.31. The van der Waals surface area contributed by atoms with Crippen LogP contribution >= 0.6 is 11.6 Å². The van der Waals surface area contributed by atoms with Crippen LogP contribution in [0.5, 0.6) is 0 Å². The zero-order valence-electron chi connectivity index (χ0n) is 16.4. The average molecular weight is 437 g/mol. The predicted octanol–water partition coefficient (Wildman–Crippen LogP) is 2.67. The Morgan fingerprint density at radius 2 is 1.81 bits per heavy atom. The molecule has 10 heteroatoms. The largest absolute Gasteiger partial charge is 0.324 e. The van der Waals surface area contributed by atoms with E-state index in [1.807, 2.05) is 0 Å². The second kappa shape index (κ2) is 8.41. The predicted molar refractivity (Wildman–Crippen MR) is 117 cm³/mol. The van der Waals surface area contributed by atoms with Crippen molar-refractivity contribution in [1.29, 1.82) is 0 Å². The van der Waals surface area contributed by atoms with E-state index in [0.717, 1.165) is 0 Å². The van der Waals surface area contributed by atoms with Gasteiger partial charge >= 0.3 is 0 Å². The summed E-state index contributed by atoms with van der Waals surface area (Å²) in [4.78, 5) is 42.0.